The Kier molecular flexibility index (Phi) is 3.52. The lowest BCUT2D eigenvalue weighted by Crippen LogP contribution is -2.13. The predicted octanol–water partition coefficient (Wildman–Crippen LogP) is 0.563. The van der Waals surface area contributed by atoms with E-state index in [1.54, 1.807) is 6.20 Å². The van der Waals surface area contributed by atoms with Crippen molar-refractivity contribution in [1.29, 1.82) is 0 Å². The highest BCUT2D eigenvalue weighted by molar-refractivity contribution is 5.92. The third-order valence-corrected chi connectivity index (χ3v) is 2.51. The minimum atomic E-state index is -1.02. The number of anilines is 1. The van der Waals surface area contributed by atoms with Crippen LogP contribution in [0.1, 0.15) is 16.2 Å². The van der Waals surface area contributed by atoms with Crippen molar-refractivity contribution in [2.75, 3.05) is 11.9 Å². The fourth-order valence-corrected chi connectivity index (χ4v) is 1.56. The molecule has 0 spiro atoms. The van der Waals surface area contributed by atoms with Gasteiger partial charge < -0.3 is 15.0 Å². The Morgan fingerprint density at radius 2 is 2.33 bits per heavy atom. The zero-order chi connectivity index (χ0) is 13.0. The van der Waals surface area contributed by atoms with Crippen molar-refractivity contribution >= 4 is 11.8 Å². The van der Waals surface area contributed by atoms with Gasteiger partial charge in [-0.3, -0.25) is 0 Å². The van der Waals surface area contributed by atoms with Crippen LogP contribution in [0.4, 0.5) is 5.82 Å². The summed E-state index contributed by atoms with van der Waals surface area (Å²) in [7, 11) is 1.91. The van der Waals surface area contributed by atoms with Crippen LogP contribution in [0, 0.1) is 0 Å². The van der Waals surface area contributed by atoms with Crippen molar-refractivity contribution in [2.45, 2.75) is 6.42 Å². The van der Waals surface area contributed by atoms with E-state index in [0.29, 0.717) is 13.0 Å². The Morgan fingerprint density at radius 3 is 3.00 bits per heavy atom. The number of aromatic carboxylic acids is 1. The third kappa shape index (κ3) is 2.62. The highest BCUT2D eigenvalue weighted by atomic mass is 16.4. The van der Waals surface area contributed by atoms with Gasteiger partial charge >= 0.3 is 5.97 Å². The van der Waals surface area contributed by atoms with Gasteiger partial charge in [-0.15, -0.1) is 5.10 Å². The van der Waals surface area contributed by atoms with Gasteiger partial charge in [0.1, 0.15) is 11.4 Å². The molecule has 2 heterocycles. The quantitative estimate of drug-likeness (QED) is 0.802. The number of carboxylic acid groups (broad SMARTS) is 1. The number of aromatic nitrogens is 4. The van der Waals surface area contributed by atoms with E-state index in [1.807, 2.05) is 17.8 Å². The molecule has 0 saturated carbocycles. The van der Waals surface area contributed by atoms with Crippen LogP contribution in [0.15, 0.2) is 24.7 Å². The standard InChI is InChI=1S/C11H13N5O2/c1-16-7-6-12-9(16)3-4-13-10-8(11(17)18)2-5-14-15-10/h2,5-7H,3-4H2,1H3,(H,13,15)(H,17,18). The molecular weight excluding hydrogens is 234 g/mol. The molecule has 2 aromatic rings. The molecule has 18 heavy (non-hydrogen) atoms. The molecule has 0 aliphatic heterocycles. The smallest absolute Gasteiger partial charge is 0.339 e. The normalized spacial score (nSPS) is 10.3. The summed E-state index contributed by atoms with van der Waals surface area (Å²) >= 11 is 0. The first kappa shape index (κ1) is 12.0. The SMILES string of the molecule is Cn1ccnc1CCNc1nnccc1C(=O)O. The number of rotatable bonds is 5. The van der Waals surface area contributed by atoms with E-state index in [1.165, 1.54) is 12.3 Å². The molecule has 0 fully saturated rings. The Morgan fingerprint density at radius 1 is 1.50 bits per heavy atom. The summed E-state index contributed by atoms with van der Waals surface area (Å²) in [5.74, 6) is 0.173. The first-order valence-corrected chi connectivity index (χ1v) is 5.43. The number of carbonyl (C=O) groups is 1. The highest BCUT2D eigenvalue weighted by Crippen LogP contribution is 2.09. The Hall–Kier alpha value is -2.44. The summed E-state index contributed by atoms with van der Waals surface area (Å²) < 4.78 is 1.91. The Labute approximate surface area is 104 Å². The van der Waals surface area contributed by atoms with Gasteiger partial charge in [-0.1, -0.05) is 0 Å². The molecule has 0 atom stereocenters. The number of aryl methyl sites for hydroxylation is 1. The van der Waals surface area contributed by atoms with E-state index in [9.17, 15) is 4.79 Å². The van der Waals surface area contributed by atoms with Crippen molar-refractivity contribution < 1.29 is 9.90 Å². The molecule has 94 valence electrons. The van der Waals surface area contributed by atoms with Crippen molar-refractivity contribution in [1.82, 2.24) is 19.7 Å². The van der Waals surface area contributed by atoms with E-state index in [-0.39, 0.29) is 11.4 Å². The van der Waals surface area contributed by atoms with Crippen LogP contribution in [0.2, 0.25) is 0 Å². The van der Waals surface area contributed by atoms with Crippen LogP contribution in [0.3, 0.4) is 0 Å². The molecule has 7 heteroatoms. The number of imidazole rings is 1. The van der Waals surface area contributed by atoms with Gasteiger partial charge in [0.25, 0.3) is 0 Å². The minimum Gasteiger partial charge on any atom is -0.478 e. The largest absolute Gasteiger partial charge is 0.478 e. The topological polar surface area (TPSA) is 92.9 Å². The van der Waals surface area contributed by atoms with E-state index in [4.69, 9.17) is 5.11 Å². The molecule has 2 rings (SSSR count). The summed E-state index contributed by atoms with van der Waals surface area (Å²) in [4.78, 5) is 15.1. The second kappa shape index (κ2) is 5.26. The summed E-state index contributed by atoms with van der Waals surface area (Å²) in [5.41, 5.74) is 0.116. The summed E-state index contributed by atoms with van der Waals surface area (Å²) in [6.45, 7) is 0.545. The van der Waals surface area contributed by atoms with E-state index in [0.717, 1.165) is 5.82 Å². The maximum atomic E-state index is 10.9. The van der Waals surface area contributed by atoms with Crippen LogP contribution in [-0.2, 0) is 13.5 Å². The van der Waals surface area contributed by atoms with Crippen molar-refractivity contribution in [3.05, 3.63) is 36.0 Å². The van der Waals surface area contributed by atoms with Gasteiger partial charge in [0.15, 0.2) is 5.82 Å². The molecule has 0 aromatic carbocycles. The van der Waals surface area contributed by atoms with Crippen LogP contribution in [0.5, 0.6) is 0 Å². The van der Waals surface area contributed by atoms with E-state index >= 15 is 0 Å². The second-order valence-corrected chi connectivity index (χ2v) is 3.73. The molecule has 0 aliphatic rings. The maximum Gasteiger partial charge on any atom is 0.339 e. The summed E-state index contributed by atoms with van der Waals surface area (Å²) in [6.07, 6.45) is 5.62. The van der Waals surface area contributed by atoms with Gasteiger partial charge in [-0.25, -0.2) is 9.78 Å². The third-order valence-electron chi connectivity index (χ3n) is 2.51. The minimum absolute atomic E-state index is 0.116. The van der Waals surface area contributed by atoms with Crippen molar-refractivity contribution in [3.8, 4) is 0 Å². The fourth-order valence-electron chi connectivity index (χ4n) is 1.56. The molecule has 0 saturated heterocycles. The lowest BCUT2D eigenvalue weighted by molar-refractivity contribution is 0.0697. The number of nitrogens with zero attached hydrogens (tertiary/aromatic N) is 4. The van der Waals surface area contributed by atoms with Crippen LogP contribution in [0.25, 0.3) is 0 Å². The van der Waals surface area contributed by atoms with Gasteiger partial charge in [-0.05, 0) is 6.07 Å². The number of nitrogens with one attached hydrogen (secondary N) is 1. The van der Waals surface area contributed by atoms with Gasteiger partial charge in [-0.2, -0.15) is 5.10 Å². The average molecular weight is 247 g/mol. The molecule has 0 bridgehead atoms. The van der Waals surface area contributed by atoms with E-state index < -0.39 is 5.97 Å². The zero-order valence-corrected chi connectivity index (χ0v) is 9.87. The molecule has 0 amide bonds. The molecule has 2 aromatic heterocycles. The average Bonchev–Trinajstić information content (AvgIpc) is 2.76. The van der Waals surface area contributed by atoms with Gasteiger partial charge in [0.05, 0.1) is 6.20 Å². The molecule has 2 N–H and O–H groups in total. The van der Waals surface area contributed by atoms with Gasteiger partial charge in [0, 0.05) is 32.4 Å². The monoisotopic (exact) mass is 247 g/mol. The van der Waals surface area contributed by atoms with Crippen LogP contribution < -0.4 is 5.32 Å². The lowest BCUT2D eigenvalue weighted by Gasteiger charge is -2.07. The number of hydrogen-bond acceptors (Lipinski definition) is 5. The summed E-state index contributed by atoms with van der Waals surface area (Å²) in [5, 5.41) is 19.4. The zero-order valence-electron chi connectivity index (χ0n) is 9.87. The lowest BCUT2D eigenvalue weighted by atomic mass is 10.3. The first-order valence-electron chi connectivity index (χ1n) is 5.43. The predicted molar refractivity (Wildman–Crippen MR) is 64.4 cm³/mol. The highest BCUT2D eigenvalue weighted by Gasteiger charge is 2.10. The fraction of sp³-hybridized carbons (Fsp3) is 0.273. The second-order valence-electron chi connectivity index (χ2n) is 3.73. The molecule has 0 radical (unpaired) electrons. The Bertz CT molecular complexity index is 552. The van der Waals surface area contributed by atoms with Crippen molar-refractivity contribution in [3.63, 3.8) is 0 Å². The van der Waals surface area contributed by atoms with Crippen LogP contribution >= 0.6 is 0 Å². The number of hydrogen-bond donors (Lipinski definition) is 2. The molecule has 7 nitrogen and oxygen atoms in total. The molecule has 0 aliphatic carbocycles. The molecule has 0 unspecified atom stereocenters. The van der Waals surface area contributed by atoms with E-state index in [2.05, 4.69) is 20.5 Å². The number of carboxylic acids is 1. The molecular formula is C11H13N5O2. The maximum absolute atomic E-state index is 10.9. The van der Waals surface area contributed by atoms with Crippen molar-refractivity contribution in [2.24, 2.45) is 7.05 Å². The first-order chi connectivity index (χ1) is 8.68. The Balaban J connectivity index is 1.99. The summed E-state index contributed by atoms with van der Waals surface area (Å²) in [6, 6.07) is 1.42. The van der Waals surface area contributed by atoms with Crippen LogP contribution in [-0.4, -0.2) is 37.4 Å². The van der Waals surface area contributed by atoms with Gasteiger partial charge in [0.2, 0.25) is 0 Å².